The maximum absolute atomic E-state index is 11.5. The van der Waals surface area contributed by atoms with Gasteiger partial charge < -0.3 is 20.4 Å². The van der Waals surface area contributed by atoms with E-state index in [9.17, 15) is 9.59 Å². The van der Waals surface area contributed by atoms with Gasteiger partial charge in [0.1, 0.15) is 6.26 Å². The second-order valence-electron chi connectivity index (χ2n) is 6.07. The Hall–Kier alpha value is -2.63. The van der Waals surface area contributed by atoms with E-state index in [-0.39, 0.29) is 49.0 Å². The largest absolute Gasteiger partial charge is 0.444 e. The summed E-state index contributed by atoms with van der Waals surface area (Å²) >= 11 is 0. The molecule has 0 saturated carbocycles. The van der Waals surface area contributed by atoms with Crippen LogP contribution < -0.4 is 16.0 Å². The zero-order valence-corrected chi connectivity index (χ0v) is 18.0. The smallest absolute Gasteiger partial charge is 0.324 e. The number of amides is 3. The summed E-state index contributed by atoms with van der Waals surface area (Å²) in [6, 6.07) is 7.59. The number of carbonyl (C=O) groups excluding carboxylic acids is 2. The first kappa shape index (κ1) is 21.7. The van der Waals surface area contributed by atoms with Gasteiger partial charge in [0.2, 0.25) is 11.8 Å². The van der Waals surface area contributed by atoms with Gasteiger partial charge in [0.15, 0.2) is 5.96 Å². The maximum atomic E-state index is 11.5. The fourth-order valence-electron chi connectivity index (χ4n) is 2.58. The van der Waals surface area contributed by atoms with Crippen molar-refractivity contribution in [2.75, 3.05) is 26.7 Å². The van der Waals surface area contributed by atoms with Crippen LogP contribution in [0.1, 0.15) is 11.3 Å². The molecular weight excluding hydrogens is 475 g/mol. The summed E-state index contributed by atoms with van der Waals surface area (Å²) in [7, 11) is 1.64. The van der Waals surface area contributed by atoms with Crippen molar-refractivity contribution in [1.82, 2.24) is 25.8 Å². The molecule has 9 nitrogen and oxygen atoms in total. The number of oxazole rings is 1. The molecule has 0 bridgehead atoms. The molecule has 3 rings (SSSR count). The molecule has 3 N–H and O–H groups in total. The highest BCUT2D eigenvalue weighted by molar-refractivity contribution is 14.0. The number of hydrogen-bond acceptors (Lipinski definition) is 5. The van der Waals surface area contributed by atoms with Crippen LogP contribution in [-0.2, 0) is 11.3 Å². The normalized spacial score (nSPS) is 13.9. The molecule has 0 atom stereocenters. The van der Waals surface area contributed by atoms with Gasteiger partial charge in [-0.05, 0) is 19.1 Å². The molecule has 28 heavy (non-hydrogen) atoms. The lowest BCUT2D eigenvalue weighted by Crippen LogP contribution is -2.43. The van der Waals surface area contributed by atoms with Gasteiger partial charge in [0, 0.05) is 25.7 Å². The fourth-order valence-corrected chi connectivity index (χ4v) is 2.58. The highest BCUT2D eigenvalue weighted by Crippen LogP contribution is 2.18. The Labute approximate surface area is 180 Å². The first-order valence-electron chi connectivity index (χ1n) is 8.61. The van der Waals surface area contributed by atoms with Gasteiger partial charge in [-0.25, -0.2) is 9.78 Å². The first-order valence-corrected chi connectivity index (χ1v) is 8.61. The number of urea groups is 1. The third-order valence-corrected chi connectivity index (χ3v) is 4.08. The number of halogens is 1. The van der Waals surface area contributed by atoms with Crippen molar-refractivity contribution in [2.45, 2.75) is 13.5 Å². The molecule has 0 aliphatic carbocycles. The molecule has 1 saturated heterocycles. The first-order chi connectivity index (χ1) is 13.1. The van der Waals surface area contributed by atoms with Crippen LogP contribution in [0.4, 0.5) is 4.79 Å². The molecule has 2 heterocycles. The number of guanidine groups is 1. The Morgan fingerprint density at radius 2 is 2.04 bits per heavy atom. The third-order valence-electron chi connectivity index (χ3n) is 4.08. The monoisotopic (exact) mass is 498 g/mol. The minimum atomic E-state index is -0.365. The molecular formula is C18H23IN6O3. The molecule has 0 spiro atoms. The van der Waals surface area contributed by atoms with Crippen LogP contribution in [0.2, 0.25) is 0 Å². The quantitative estimate of drug-likeness (QED) is 0.241. The highest BCUT2D eigenvalue weighted by atomic mass is 127. The van der Waals surface area contributed by atoms with Crippen LogP contribution in [0.3, 0.4) is 0 Å². The summed E-state index contributed by atoms with van der Waals surface area (Å²) in [6.07, 6.45) is 1.60. The minimum absolute atomic E-state index is 0. The number of rotatable bonds is 6. The van der Waals surface area contributed by atoms with E-state index in [4.69, 9.17) is 4.42 Å². The van der Waals surface area contributed by atoms with Crippen molar-refractivity contribution in [1.29, 1.82) is 0 Å². The number of hydrogen-bond donors (Lipinski definition) is 3. The zero-order chi connectivity index (χ0) is 19.2. The minimum Gasteiger partial charge on any atom is -0.444 e. The summed E-state index contributed by atoms with van der Waals surface area (Å²) in [6.45, 7) is 3.18. The Balaban J connectivity index is 0.00000280. The number of imide groups is 1. The van der Waals surface area contributed by atoms with Crippen LogP contribution in [-0.4, -0.2) is 54.5 Å². The Kier molecular flexibility index (Phi) is 7.79. The lowest BCUT2D eigenvalue weighted by atomic mass is 10.1. The van der Waals surface area contributed by atoms with Gasteiger partial charge in [-0.3, -0.25) is 14.7 Å². The van der Waals surface area contributed by atoms with Gasteiger partial charge >= 0.3 is 6.03 Å². The molecule has 0 unspecified atom stereocenters. The second kappa shape index (κ2) is 10.1. The van der Waals surface area contributed by atoms with E-state index in [0.717, 1.165) is 11.3 Å². The maximum Gasteiger partial charge on any atom is 0.324 e. The number of benzene rings is 1. The predicted octanol–water partition coefficient (Wildman–Crippen LogP) is 1.48. The molecule has 1 aliphatic heterocycles. The standard InChI is InChI=1S/C18H22N6O3.HI/c1-12-3-5-13(6-4-12)16-23-14(11-27-16)9-21-17(19-2)20-7-8-24-15(25)10-22-18(24)26;/h3-6,11H,7-10H2,1-2H3,(H,22,26)(H2,19,20,21);1H. The zero-order valence-electron chi connectivity index (χ0n) is 15.7. The van der Waals surface area contributed by atoms with E-state index in [1.54, 1.807) is 13.3 Å². The van der Waals surface area contributed by atoms with Crippen molar-refractivity contribution in [2.24, 2.45) is 4.99 Å². The molecule has 1 fully saturated rings. The van der Waals surface area contributed by atoms with E-state index in [1.807, 2.05) is 31.2 Å². The van der Waals surface area contributed by atoms with Gasteiger partial charge in [-0.2, -0.15) is 0 Å². The highest BCUT2D eigenvalue weighted by Gasteiger charge is 2.27. The van der Waals surface area contributed by atoms with Crippen LogP contribution >= 0.6 is 24.0 Å². The van der Waals surface area contributed by atoms with Gasteiger partial charge in [0.05, 0.1) is 18.8 Å². The number of aromatic nitrogens is 1. The van der Waals surface area contributed by atoms with E-state index in [0.29, 0.717) is 24.9 Å². The van der Waals surface area contributed by atoms with Crippen molar-refractivity contribution < 1.29 is 14.0 Å². The molecule has 0 radical (unpaired) electrons. The molecule has 10 heteroatoms. The summed E-state index contributed by atoms with van der Waals surface area (Å²) in [5, 5.41) is 8.66. The lowest BCUT2D eigenvalue weighted by molar-refractivity contribution is -0.124. The second-order valence-corrected chi connectivity index (χ2v) is 6.07. The third kappa shape index (κ3) is 5.44. The van der Waals surface area contributed by atoms with Crippen molar-refractivity contribution in [3.63, 3.8) is 0 Å². The molecule has 1 aromatic carbocycles. The van der Waals surface area contributed by atoms with Gasteiger partial charge in [0.25, 0.3) is 0 Å². The SMILES string of the molecule is CN=C(NCCN1C(=O)CNC1=O)NCc1coc(-c2ccc(C)cc2)n1.I. The number of nitrogens with zero attached hydrogens (tertiary/aromatic N) is 3. The fraction of sp³-hybridized carbons (Fsp3) is 0.333. The number of aryl methyl sites for hydroxylation is 1. The van der Waals surface area contributed by atoms with E-state index in [1.165, 1.54) is 10.5 Å². The van der Waals surface area contributed by atoms with Crippen LogP contribution in [0, 0.1) is 6.92 Å². The van der Waals surface area contributed by atoms with E-state index >= 15 is 0 Å². The van der Waals surface area contributed by atoms with Crippen molar-refractivity contribution >= 4 is 41.9 Å². The topological polar surface area (TPSA) is 112 Å². The van der Waals surface area contributed by atoms with Crippen LogP contribution in [0.15, 0.2) is 39.9 Å². The summed E-state index contributed by atoms with van der Waals surface area (Å²) < 4.78 is 5.53. The molecule has 1 aliphatic rings. The Morgan fingerprint density at radius 3 is 2.68 bits per heavy atom. The molecule has 150 valence electrons. The lowest BCUT2D eigenvalue weighted by Gasteiger charge is -2.15. The van der Waals surface area contributed by atoms with Gasteiger partial charge in [-0.15, -0.1) is 24.0 Å². The van der Waals surface area contributed by atoms with E-state index < -0.39 is 0 Å². The molecule has 2 aromatic rings. The van der Waals surface area contributed by atoms with Crippen molar-refractivity contribution in [3.05, 3.63) is 41.8 Å². The summed E-state index contributed by atoms with van der Waals surface area (Å²) in [4.78, 5) is 32.8. The van der Waals surface area contributed by atoms with Crippen LogP contribution in [0.25, 0.3) is 11.5 Å². The molecule has 1 aromatic heterocycles. The number of aliphatic imine (C=N–C) groups is 1. The summed E-state index contributed by atoms with van der Waals surface area (Å²) in [5.74, 6) is 0.881. The average molecular weight is 498 g/mol. The summed E-state index contributed by atoms with van der Waals surface area (Å²) in [5.41, 5.74) is 2.83. The van der Waals surface area contributed by atoms with E-state index in [2.05, 4.69) is 25.9 Å². The molecule has 3 amide bonds. The van der Waals surface area contributed by atoms with Gasteiger partial charge in [-0.1, -0.05) is 17.7 Å². The van der Waals surface area contributed by atoms with Crippen molar-refractivity contribution in [3.8, 4) is 11.5 Å². The number of carbonyl (C=O) groups is 2. The Morgan fingerprint density at radius 1 is 1.29 bits per heavy atom. The van der Waals surface area contributed by atoms with Crippen LogP contribution in [0.5, 0.6) is 0 Å². The average Bonchev–Trinajstić information content (AvgIpc) is 3.26. The Bertz CT molecular complexity index is 833. The number of nitrogens with one attached hydrogen (secondary N) is 3. The predicted molar refractivity (Wildman–Crippen MR) is 115 cm³/mol.